The molecule has 0 aliphatic carbocycles. The molecule has 4 heteroatoms. The minimum Gasteiger partial charge on any atom is -0.476 e. The minimum absolute atomic E-state index is 0.0183. The van der Waals surface area contributed by atoms with E-state index in [1.807, 2.05) is 31.2 Å². The van der Waals surface area contributed by atoms with Gasteiger partial charge in [0.15, 0.2) is 5.69 Å². The van der Waals surface area contributed by atoms with Crippen molar-refractivity contribution in [2.24, 2.45) is 0 Å². The maximum absolute atomic E-state index is 11.1. The largest absolute Gasteiger partial charge is 0.476 e. The number of nitrogens with two attached hydrogens (primary N) is 1. The molecular formula is C13H12N2O2. The molecule has 17 heavy (non-hydrogen) atoms. The Morgan fingerprint density at radius 3 is 2.76 bits per heavy atom. The highest BCUT2D eigenvalue weighted by Crippen LogP contribution is 2.25. The minimum atomic E-state index is -1.05. The van der Waals surface area contributed by atoms with Crippen LogP contribution in [0.2, 0.25) is 0 Å². The predicted octanol–water partition coefficient (Wildman–Crippen LogP) is 2.34. The maximum atomic E-state index is 11.1. The number of hydrogen-bond acceptors (Lipinski definition) is 3. The number of aromatic carboxylic acids is 1. The second-order valence-electron chi connectivity index (χ2n) is 3.84. The number of nitrogens with zero attached hydrogens (tertiary/aromatic N) is 1. The van der Waals surface area contributed by atoms with Crippen LogP contribution in [0.1, 0.15) is 16.1 Å². The van der Waals surface area contributed by atoms with Crippen LogP contribution in [0.4, 0.5) is 5.69 Å². The zero-order valence-corrected chi connectivity index (χ0v) is 9.34. The van der Waals surface area contributed by atoms with Crippen LogP contribution in [0.5, 0.6) is 0 Å². The first-order chi connectivity index (χ1) is 8.08. The van der Waals surface area contributed by atoms with E-state index in [0.29, 0.717) is 11.3 Å². The lowest BCUT2D eigenvalue weighted by atomic mass is 10.0. The number of carbonyl (C=O) groups is 1. The molecule has 0 saturated carbocycles. The first-order valence-corrected chi connectivity index (χ1v) is 5.14. The number of rotatable bonds is 2. The van der Waals surface area contributed by atoms with Crippen molar-refractivity contribution in [3.8, 4) is 11.1 Å². The number of aryl methyl sites for hydroxylation is 1. The number of anilines is 1. The smallest absolute Gasteiger partial charge is 0.355 e. The van der Waals surface area contributed by atoms with E-state index in [1.54, 1.807) is 6.07 Å². The number of carboxylic acid groups (broad SMARTS) is 1. The Hall–Kier alpha value is -2.36. The Labute approximate surface area is 98.7 Å². The summed E-state index contributed by atoms with van der Waals surface area (Å²) in [4.78, 5) is 14.9. The Balaban J connectivity index is 2.65. The molecule has 2 aromatic rings. The number of hydrogen-bond donors (Lipinski definition) is 2. The monoisotopic (exact) mass is 228 g/mol. The molecule has 0 aliphatic rings. The van der Waals surface area contributed by atoms with Crippen molar-refractivity contribution in [2.45, 2.75) is 6.92 Å². The van der Waals surface area contributed by atoms with Crippen molar-refractivity contribution in [1.82, 2.24) is 4.98 Å². The van der Waals surface area contributed by atoms with Crippen LogP contribution < -0.4 is 5.73 Å². The van der Waals surface area contributed by atoms with Crippen molar-refractivity contribution in [3.05, 3.63) is 47.8 Å². The van der Waals surface area contributed by atoms with Crippen molar-refractivity contribution in [1.29, 1.82) is 0 Å². The molecule has 0 radical (unpaired) electrons. The van der Waals surface area contributed by atoms with Crippen LogP contribution in [0, 0.1) is 6.92 Å². The Bertz CT molecular complexity index is 579. The lowest BCUT2D eigenvalue weighted by Crippen LogP contribution is -2.04. The van der Waals surface area contributed by atoms with Gasteiger partial charge in [-0.25, -0.2) is 9.78 Å². The van der Waals surface area contributed by atoms with Crippen LogP contribution in [0.15, 0.2) is 36.5 Å². The zero-order valence-electron chi connectivity index (χ0n) is 9.34. The molecule has 0 spiro atoms. The van der Waals surface area contributed by atoms with E-state index >= 15 is 0 Å². The molecule has 0 bridgehead atoms. The van der Waals surface area contributed by atoms with Crippen LogP contribution in [0.25, 0.3) is 11.1 Å². The van der Waals surface area contributed by atoms with E-state index in [9.17, 15) is 4.79 Å². The van der Waals surface area contributed by atoms with Gasteiger partial charge in [0.2, 0.25) is 0 Å². The van der Waals surface area contributed by atoms with Gasteiger partial charge in [-0.3, -0.25) is 0 Å². The molecule has 3 N–H and O–H groups in total. The van der Waals surface area contributed by atoms with Crippen molar-refractivity contribution in [3.63, 3.8) is 0 Å². The predicted molar refractivity (Wildman–Crippen MR) is 65.8 cm³/mol. The van der Waals surface area contributed by atoms with Gasteiger partial charge in [0.25, 0.3) is 0 Å². The molecule has 1 aromatic heterocycles. The van der Waals surface area contributed by atoms with Gasteiger partial charge < -0.3 is 10.8 Å². The molecule has 86 valence electrons. The van der Waals surface area contributed by atoms with Gasteiger partial charge in [-0.1, -0.05) is 29.8 Å². The lowest BCUT2D eigenvalue weighted by Gasteiger charge is -2.07. The second kappa shape index (κ2) is 4.25. The third kappa shape index (κ3) is 2.25. The molecular weight excluding hydrogens is 216 g/mol. The third-order valence-electron chi connectivity index (χ3n) is 2.44. The zero-order chi connectivity index (χ0) is 12.4. The van der Waals surface area contributed by atoms with E-state index < -0.39 is 5.97 Å². The molecule has 0 fully saturated rings. The molecule has 1 aromatic carbocycles. The van der Waals surface area contributed by atoms with Gasteiger partial charge in [0, 0.05) is 5.56 Å². The van der Waals surface area contributed by atoms with Gasteiger partial charge in [0.05, 0.1) is 11.9 Å². The summed E-state index contributed by atoms with van der Waals surface area (Å²) >= 11 is 0. The molecule has 0 saturated heterocycles. The fourth-order valence-corrected chi connectivity index (χ4v) is 1.68. The van der Waals surface area contributed by atoms with E-state index in [4.69, 9.17) is 10.8 Å². The standard InChI is InChI=1S/C13H12N2O2/c1-8-3-2-4-9(5-8)11-6-10(14)7-15-12(11)13(16)17/h2-7H,14H2,1H3,(H,16,17). The van der Waals surface area contributed by atoms with Gasteiger partial charge >= 0.3 is 5.97 Å². The number of nitrogen functional groups attached to an aromatic ring is 1. The quantitative estimate of drug-likeness (QED) is 0.827. The highest BCUT2D eigenvalue weighted by molar-refractivity contribution is 5.94. The molecule has 0 aliphatic heterocycles. The number of aromatic nitrogens is 1. The van der Waals surface area contributed by atoms with Gasteiger partial charge in [-0.2, -0.15) is 0 Å². The van der Waals surface area contributed by atoms with Crippen LogP contribution in [0.3, 0.4) is 0 Å². The maximum Gasteiger partial charge on any atom is 0.355 e. The molecule has 0 unspecified atom stereocenters. The third-order valence-corrected chi connectivity index (χ3v) is 2.44. The number of pyridine rings is 1. The summed E-state index contributed by atoms with van der Waals surface area (Å²) in [6.45, 7) is 1.95. The van der Waals surface area contributed by atoms with Gasteiger partial charge in [0.1, 0.15) is 0 Å². The summed E-state index contributed by atoms with van der Waals surface area (Å²) in [6, 6.07) is 9.20. The molecule has 0 atom stereocenters. The molecule has 2 rings (SSSR count). The van der Waals surface area contributed by atoms with Crippen molar-refractivity contribution < 1.29 is 9.90 Å². The molecule has 0 amide bonds. The van der Waals surface area contributed by atoms with Crippen LogP contribution in [-0.2, 0) is 0 Å². The van der Waals surface area contributed by atoms with Gasteiger partial charge in [-0.05, 0) is 18.6 Å². The first-order valence-electron chi connectivity index (χ1n) is 5.14. The van der Waals surface area contributed by atoms with E-state index in [2.05, 4.69) is 4.98 Å². The topological polar surface area (TPSA) is 76.2 Å². The SMILES string of the molecule is Cc1cccc(-c2cc(N)cnc2C(=O)O)c1. The molecule has 1 heterocycles. The second-order valence-corrected chi connectivity index (χ2v) is 3.84. The van der Waals surface area contributed by atoms with E-state index in [0.717, 1.165) is 11.1 Å². The Morgan fingerprint density at radius 2 is 2.12 bits per heavy atom. The lowest BCUT2D eigenvalue weighted by molar-refractivity contribution is 0.0691. The van der Waals surface area contributed by atoms with Crippen molar-refractivity contribution >= 4 is 11.7 Å². The highest BCUT2D eigenvalue weighted by Gasteiger charge is 2.13. The summed E-state index contributed by atoms with van der Waals surface area (Å²) in [7, 11) is 0. The summed E-state index contributed by atoms with van der Waals surface area (Å²) < 4.78 is 0. The Kier molecular flexibility index (Phi) is 2.78. The summed E-state index contributed by atoms with van der Waals surface area (Å²) in [5.41, 5.74) is 8.52. The Morgan fingerprint density at radius 1 is 1.35 bits per heavy atom. The highest BCUT2D eigenvalue weighted by atomic mass is 16.4. The number of carboxylic acids is 1. The summed E-state index contributed by atoms with van der Waals surface area (Å²) in [5, 5.41) is 9.08. The summed E-state index contributed by atoms with van der Waals surface area (Å²) in [5.74, 6) is -1.05. The normalized spacial score (nSPS) is 10.2. The van der Waals surface area contributed by atoms with E-state index in [1.165, 1.54) is 6.20 Å². The first kappa shape index (κ1) is 11.1. The van der Waals surface area contributed by atoms with E-state index in [-0.39, 0.29) is 5.69 Å². The fourth-order valence-electron chi connectivity index (χ4n) is 1.68. The average Bonchev–Trinajstić information content (AvgIpc) is 2.28. The van der Waals surface area contributed by atoms with Gasteiger partial charge in [-0.15, -0.1) is 0 Å². The van der Waals surface area contributed by atoms with Crippen LogP contribution in [-0.4, -0.2) is 16.1 Å². The average molecular weight is 228 g/mol. The van der Waals surface area contributed by atoms with Crippen molar-refractivity contribution in [2.75, 3.05) is 5.73 Å². The summed E-state index contributed by atoms with van der Waals surface area (Å²) in [6.07, 6.45) is 1.35. The fraction of sp³-hybridized carbons (Fsp3) is 0.0769. The van der Waals surface area contributed by atoms with Crippen LogP contribution >= 0.6 is 0 Å². The molecule has 4 nitrogen and oxygen atoms in total. The number of benzene rings is 1.